The van der Waals surface area contributed by atoms with Gasteiger partial charge in [0.2, 0.25) is 11.0 Å². The van der Waals surface area contributed by atoms with Crippen molar-refractivity contribution in [1.29, 1.82) is 0 Å². The molecular weight excluding hydrogens is 246 g/mol. The molecule has 0 aromatic carbocycles. The fourth-order valence-electron chi connectivity index (χ4n) is 1.76. The Labute approximate surface area is 103 Å². The highest BCUT2D eigenvalue weighted by molar-refractivity contribution is 6.31. The first-order valence-electron chi connectivity index (χ1n) is 5.35. The van der Waals surface area contributed by atoms with Gasteiger partial charge < -0.3 is 0 Å². The third-order valence-electron chi connectivity index (χ3n) is 2.58. The molecule has 0 radical (unpaired) electrons. The fourth-order valence-corrected chi connectivity index (χ4v) is 1.96. The van der Waals surface area contributed by atoms with Gasteiger partial charge in [-0.15, -0.1) is 0 Å². The Hall–Kier alpha value is -1.47. The maximum atomic E-state index is 10.9. The van der Waals surface area contributed by atoms with Crippen LogP contribution < -0.4 is 5.43 Å². The number of halogens is 1. The van der Waals surface area contributed by atoms with Crippen LogP contribution in [-0.4, -0.2) is 33.0 Å². The number of piperidine rings is 1. The average molecular weight is 258 g/mol. The molecule has 1 N–H and O–H groups in total. The summed E-state index contributed by atoms with van der Waals surface area (Å²) in [6.45, 7) is 1.69. The van der Waals surface area contributed by atoms with Gasteiger partial charge in [0, 0.05) is 13.1 Å². The molecule has 2 rings (SSSR count). The van der Waals surface area contributed by atoms with E-state index in [-0.39, 0.29) is 16.7 Å². The molecule has 1 aromatic heterocycles. The third kappa shape index (κ3) is 2.80. The van der Waals surface area contributed by atoms with Gasteiger partial charge in [0.15, 0.2) is 0 Å². The Kier molecular flexibility index (Phi) is 3.70. The first kappa shape index (κ1) is 12.0. The highest BCUT2D eigenvalue weighted by atomic mass is 35.5. The zero-order valence-corrected chi connectivity index (χ0v) is 9.85. The minimum absolute atomic E-state index is 0.149. The minimum atomic E-state index is -0.575. The zero-order valence-electron chi connectivity index (χ0n) is 9.10. The van der Waals surface area contributed by atoms with E-state index in [0.717, 1.165) is 25.9 Å². The van der Waals surface area contributed by atoms with Crippen molar-refractivity contribution in [1.82, 2.24) is 15.0 Å². The second kappa shape index (κ2) is 5.24. The number of nitrogens with one attached hydrogen (secondary N) is 1. The van der Waals surface area contributed by atoms with E-state index in [4.69, 9.17) is 11.6 Å². The van der Waals surface area contributed by atoms with Crippen LogP contribution in [0.4, 0.5) is 11.5 Å². The molecular formula is C9H12ClN5O2. The summed E-state index contributed by atoms with van der Waals surface area (Å²) >= 11 is 5.69. The molecule has 1 saturated heterocycles. The molecule has 0 saturated carbocycles. The van der Waals surface area contributed by atoms with E-state index < -0.39 is 4.92 Å². The summed E-state index contributed by atoms with van der Waals surface area (Å²) in [5.74, 6) is 0.150. The molecule has 0 aliphatic carbocycles. The van der Waals surface area contributed by atoms with Gasteiger partial charge in [0.25, 0.3) is 0 Å². The molecule has 0 spiro atoms. The average Bonchev–Trinajstić information content (AvgIpc) is 2.30. The van der Waals surface area contributed by atoms with Crippen LogP contribution in [0.5, 0.6) is 0 Å². The first-order valence-corrected chi connectivity index (χ1v) is 5.73. The minimum Gasteiger partial charge on any atom is -0.297 e. The number of rotatable bonds is 3. The van der Waals surface area contributed by atoms with Gasteiger partial charge in [-0.1, -0.05) is 18.0 Å². The van der Waals surface area contributed by atoms with Crippen LogP contribution >= 0.6 is 11.6 Å². The summed E-state index contributed by atoms with van der Waals surface area (Å²) in [6.07, 6.45) is 4.53. The lowest BCUT2D eigenvalue weighted by molar-refractivity contribution is -0.384. The summed E-state index contributed by atoms with van der Waals surface area (Å²) in [5, 5.41) is 12.6. The molecule has 1 aliphatic rings. The summed E-state index contributed by atoms with van der Waals surface area (Å²) in [4.78, 5) is 17.8. The number of anilines is 1. The van der Waals surface area contributed by atoms with Gasteiger partial charge in [0.05, 0.1) is 4.92 Å². The summed E-state index contributed by atoms with van der Waals surface area (Å²) in [5.41, 5.74) is 2.65. The van der Waals surface area contributed by atoms with Crippen molar-refractivity contribution in [2.75, 3.05) is 18.5 Å². The predicted molar refractivity (Wildman–Crippen MR) is 62.7 cm³/mol. The summed E-state index contributed by atoms with van der Waals surface area (Å²) < 4.78 is 0. The number of nitro groups is 1. The molecule has 17 heavy (non-hydrogen) atoms. The topological polar surface area (TPSA) is 84.2 Å². The predicted octanol–water partition coefficient (Wildman–Crippen LogP) is 1.85. The van der Waals surface area contributed by atoms with Crippen molar-refractivity contribution in [3.05, 3.63) is 21.6 Å². The second-order valence-electron chi connectivity index (χ2n) is 3.78. The van der Waals surface area contributed by atoms with Gasteiger partial charge in [0.1, 0.15) is 6.33 Å². The molecule has 1 fully saturated rings. The lowest BCUT2D eigenvalue weighted by atomic mass is 10.2. The number of hydrogen-bond donors (Lipinski definition) is 1. The lowest BCUT2D eigenvalue weighted by Gasteiger charge is -2.26. The smallest absolute Gasteiger partial charge is 0.297 e. The molecule has 1 aromatic rings. The maximum absolute atomic E-state index is 10.9. The van der Waals surface area contributed by atoms with Gasteiger partial charge in [-0.25, -0.2) is 15.0 Å². The van der Waals surface area contributed by atoms with Crippen LogP contribution in [0.2, 0.25) is 5.15 Å². The van der Waals surface area contributed by atoms with Crippen LogP contribution in [0, 0.1) is 10.1 Å². The molecule has 2 heterocycles. The number of hydrazine groups is 1. The SMILES string of the molecule is O=[N+]([O-])c1c(Cl)ncnc1NN1CCCCC1. The van der Waals surface area contributed by atoms with Gasteiger partial charge in [-0.3, -0.25) is 15.5 Å². The van der Waals surface area contributed by atoms with E-state index >= 15 is 0 Å². The Morgan fingerprint density at radius 1 is 1.35 bits per heavy atom. The number of nitrogens with zero attached hydrogens (tertiary/aromatic N) is 4. The quantitative estimate of drug-likeness (QED) is 0.505. The van der Waals surface area contributed by atoms with E-state index in [9.17, 15) is 10.1 Å². The molecule has 92 valence electrons. The van der Waals surface area contributed by atoms with Crippen LogP contribution in [0.3, 0.4) is 0 Å². The molecule has 8 heteroatoms. The molecule has 0 unspecified atom stereocenters. The van der Waals surface area contributed by atoms with Crippen molar-refractivity contribution < 1.29 is 4.92 Å². The summed E-state index contributed by atoms with van der Waals surface area (Å²) in [7, 11) is 0. The second-order valence-corrected chi connectivity index (χ2v) is 4.14. The maximum Gasteiger partial charge on any atom is 0.349 e. The molecule has 1 aliphatic heterocycles. The van der Waals surface area contributed by atoms with Crippen LogP contribution in [-0.2, 0) is 0 Å². The fraction of sp³-hybridized carbons (Fsp3) is 0.556. The Morgan fingerprint density at radius 3 is 2.71 bits per heavy atom. The first-order chi connectivity index (χ1) is 8.18. The van der Waals surface area contributed by atoms with E-state index in [1.807, 2.05) is 5.01 Å². The van der Waals surface area contributed by atoms with Crippen LogP contribution in [0.1, 0.15) is 19.3 Å². The Balaban J connectivity index is 2.19. The number of hydrogen-bond acceptors (Lipinski definition) is 6. The normalized spacial score (nSPS) is 16.8. The monoisotopic (exact) mass is 257 g/mol. The Bertz CT molecular complexity index is 422. The van der Waals surface area contributed by atoms with Crippen molar-refractivity contribution in [3.8, 4) is 0 Å². The van der Waals surface area contributed by atoms with E-state index in [1.165, 1.54) is 12.7 Å². The van der Waals surface area contributed by atoms with E-state index in [0.29, 0.717) is 0 Å². The van der Waals surface area contributed by atoms with E-state index in [2.05, 4.69) is 15.4 Å². The van der Waals surface area contributed by atoms with E-state index in [1.54, 1.807) is 0 Å². The third-order valence-corrected chi connectivity index (χ3v) is 2.86. The van der Waals surface area contributed by atoms with Crippen molar-refractivity contribution >= 4 is 23.1 Å². The van der Waals surface area contributed by atoms with Crippen molar-refractivity contribution in [2.45, 2.75) is 19.3 Å². The highest BCUT2D eigenvalue weighted by Crippen LogP contribution is 2.28. The van der Waals surface area contributed by atoms with Crippen LogP contribution in [0.15, 0.2) is 6.33 Å². The highest BCUT2D eigenvalue weighted by Gasteiger charge is 2.23. The van der Waals surface area contributed by atoms with Gasteiger partial charge in [-0.2, -0.15) is 0 Å². The number of aromatic nitrogens is 2. The van der Waals surface area contributed by atoms with Crippen molar-refractivity contribution in [3.63, 3.8) is 0 Å². The molecule has 0 atom stereocenters. The molecule has 0 bridgehead atoms. The zero-order chi connectivity index (χ0) is 12.3. The Morgan fingerprint density at radius 2 is 2.06 bits per heavy atom. The lowest BCUT2D eigenvalue weighted by Crippen LogP contribution is -2.35. The van der Waals surface area contributed by atoms with Crippen molar-refractivity contribution in [2.24, 2.45) is 0 Å². The van der Waals surface area contributed by atoms with Crippen LogP contribution in [0.25, 0.3) is 0 Å². The largest absolute Gasteiger partial charge is 0.349 e. The van der Waals surface area contributed by atoms with Gasteiger partial charge in [-0.05, 0) is 12.8 Å². The van der Waals surface area contributed by atoms with Gasteiger partial charge >= 0.3 is 5.69 Å². The summed E-state index contributed by atoms with van der Waals surface area (Å²) in [6, 6.07) is 0. The molecule has 7 nitrogen and oxygen atoms in total. The molecule has 0 amide bonds. The standard InChI is InChI=1S/C9H12ClN5O2/c10-8-7(15(16)17)9(12-6-11-8)13-14-4-2-1-3-5-14/h6H,1-5H2,(H,11,12,13).